The standard InChI is InChI=1S/C60H31BN6O/c1-28-30-14-3-7-22-38(30)64-55-51-44(36-20-11-18-34-32-16-5-9-24-40(32)62(51)49(34)36)57-47-53(55)66(59(28)64)42-26-13-27-43-46(42)61(47)48-54-56(65-39-23-8-4-15-31(39)29(2)60(65)67(43)54)52-45(58(48)68-57)37-21-12-19-35-33-17-6-10-25-41(33)63(52)50(35)37/h3-27H,1-2H3/i1D3,2D3. The molecule has 3 aliphatic rings. The Hall–Kier alpha value is -8.88. The summed E-state index contributed by atoms with van der Waals surface area (Å²) in [5.41, 5.74) is 17.8. The normalized spacial score (nSPS) is 15.8. The van der Waals surface area contributed by atoms with E-state index in [0.29, 0.717) is 22.1 Å². The molecular formula is C60H31BN6O. The van der Waals surface area contributed by atoms with Crippen LogP contribution in [0.3, 0.4) is 0 Å². The van der Waals surface area contributed by atoms with Crippen LogP contribution in [-0.2, 0) is 0 Å². The third kappa shape index (κ3) is 2.99. The number of para-hydroxylation sites is 6. The first kappa shape index (κ1) is 28.2. The summed E-state index contributed by atoms with van der Waals surface area (Å²) in [6.07, 6.45) is 0. The van der Waals surface area contributed by atoms with E-state index in [1.807, 2.05) is 36.4 Å². The molecule has 0 aliphatic carbocycles. The fraction of sp³-hybridized carbons (Fsp3) is 0.0333. The van der Waals surface area contributed by atoms with Crippen LogP contribution < -0.4 is 21.1 Å². The first-order valence-electron chi connectivity index (χ1n) is 26.3. The molecule has 0 bridgehead atoms. The first-order chi connectivity index (χ1) is 36.1. The van der Waals surface area contributed by atoms with Gasteiger partial charge in [-0.1, -0.05) is 115 Å². The zero-order chi connectivity index (χ0) is 48.5. The molecule has 0 amide bonds. The summed E-state index contributed by atoms with van der Waals surface area (Å²) >= 11 is 0. The van der Waals surface area contributed by atoms with E-state index in [-0.39, 0.29) is 11.1 Å². The minimum Gasteiger partial charge on any atom is -0.457 e. The predicted molar refractivity (Wildman–Crippen MR) is 281 cm³/mol. The highest BCUT2D eigenvalue weighted by atomic mass is 16.5. The second-order valence-electron chi connectivity index (χ2n) is 19.5. The Kier molecular flexibility index (Phi) is 4.19. The molecule has 68 heavy (non-hydrogen) atoms. The van der Waals surface area contributed by atoms with Crippen molar-refractivity contribution < 1.29 is 13.0 Å². The Balaban J connectivity index is 1.13. The minimum absolute atomic E-state index is 0.280. The number of fused-ring (bicyclic) bond motifs is 28. The molecule has 8 heteroatoms. The van der Waals surface area contributed by atoms with Gasteiger partial charge >= 0.3 is 0 Å². The van der Waals surface area contributed by atoms with Crippen LogP contribution in [0.15, 0.2) is 152 Å². The lowest BCUT2D eigenvalue weighted by Gasteiger charge is -2.37. The molecule has 0 fully saturated rings. The number of imidazole rings is 2. The summed E-state index contributed by atoms with van der Waals surface area (Å²) in [5.74, 6) is 1.51. The maximum absolute atomic E-state index is 9.37. The van der Waals surface area contributed by atoms with Gasteiger partial charge in [0.05, 0.1) is 77.0 Å². The van der Waals surface area contributed by atoms with E-state index in [2.05, 4.69) is 142 Å². The van der Waals surface area contributed by atoms with Crippen LogP contribution in [-0.4, -0.2) is 33.4 Å². The second kappa shape index (κ2) is 10.1. The van der Waals surface area contributed by atoms with Gasteiger partial charge < -0.3 is 13.5 Å². The number of aryl methyl sites for hydroxylation is 2. The monoisotopic (exact) mass is 868 g/mol. The van der Waals surface area contributed by atoms with Crippen LogP contribution in [0.2, 0.25) is 0 Å². The highest BCUT2D eigenvalue weighted by molar-refractivity contribution is 7.02. The van der Waals surface area contributed by atoms with Gasteiger partial charge in [0.15, 0.2) is 0 Å². The molecule has 0 saturated heterocycles. The number of benzene rings is 9. The van der Waals surface area contributed by atoms with Crippen molar-refractivity contribution >= 4 is 154 Å². The minimum atomic E-state index is -2.51. The van der Waals surface area contributed by atoms with Crippen LogP contribution >= 0.6 is 0 Å². The second-order valence-corrected chi connectivity index (χ2v) is 19.5. The van der Waals surface area contributed by atoms with Gasteiger partial charge in [-0.25, -0.2) is 0 Å². The SMILES string of the molecule is [2H]C([2H])([2H])c1c2ccccc2n2c3c4c5c(c6c7cccc8c9ccccc9n(c87)c63)Oc3c6c7c(c8c3c3cccc9c%10ccccc%10n8c93)n3c8ccccc8c(C([2H])([2H])[2H])c3n7-c3cccc(c3B56)-n4c12. The summed E-state index contributed by atoms with van der Waals surface area (Å²) in [4.78, 5) is 0. The van der Waals surface area contributed by atoms with Crippen LogP contribution in [0, 0.1) is 13.7 Å². The molecule has 0 spiro atoms. The molecule has 9 aromatic carbocycles. The van der Waals surface area contributed by atoms with Crippen molar-refractivity contribution in [1.82, 2.24) is 26.7 Å². The number of rotatable bonds is 0. The van der Waals surface area contributed by atoms with Crippen LogP contribution in [0.4, 0.5) is 0 Å². The molecular weight excluding hydrogens is 832 g/mol. The van der Waals surface area contributed by atoms with Crippen LogP contribution in [0.25, 0.3) is 143 Å². The Bertz CT molecular complexity index is 5300. The van der Waals surface area contributed by atoms with Crippen molar-refractivity contribution in [1.29, 1.82) is 0 Å². The lowest BCUT2D eigenvalue weighted by atomic mass is 9.33. The lowest BCUT2D eigenvalue weighted by molar-refractivity contribution is 0.500. The summed E-state index contributed by atoms with van der Waals surface area (Å²) in [6.45, 7) is -5.42. The molecule has 3 aliphatic heterocycles. The Morgan fingerprint density at radius 3 is 1.22 bits per heavy atom. The van der Waals surface area contributed by atoms with E-state index < -0.39 is 20.4 Å². The number of aromatic nitrogens is 6. The summed E-state index contributed by atoms with van der Waals surface area (Å²) in [6, 6.07) is 52.5. The molecule has 0 unspecified atom stereocenters. The zero-order valence-corrected chi connectivity index (χ0v) is 35.6. The van der Waals surface area contributed by atoms with Gasteiger partial charge in [-0.2, -0.15) is 0 Å². The quantitative estimate of drug-likeness (QED) is 0.140. The first-order valence-corrected chi connectivity index (χ1v) is 23.3. The predicted octanol–water partition coefficient (Wildman–Crippen LogP) is 12.6. The fourth-order valence-corrected chi connectivity index (χ4v) is 14.7. The van der Waals surface area contributed by atoms with Gasteiger partial charge in [0.1, 0.15) is 22.8 Å². The van der Waals surface area contributed by atoms with E-state index in [9.17, 15) is 8.22 Å². The van der Waals surface area contributed by atoms with Crippen molar-refractivity contribution in [3.05, 3.63) is 163 Å². The topological polar surface area (TPSA) is 36.7 Å². The molecule has 0 N–H and O–H groups in total. The Labute approximate surface area is 392 Å². The molecule has 7 nitrogen and oxygen atoms in total. The summed E-state index contributed by atoms with van der Waals surface area (Å²) < 4.78 is 78.0. The van der Waals surface area contributed by atoms with Gasteiger partial charge in [-0.15, -0.1) is 0 Å². The maximum Gasteiger partial charge on any atom is 0.262 e. The summed E-state index contributed by atoms with van der Waals surface area (Å²) in [5, 5.41) is 9.93. The van der Waals surface area contributed by atoms with Gasteiger partial charge in [0.2, 0.25) is 0 Å². The Morgan fingerprint density at radius 2 is 0.750 bits per heavy atom. The molecule has 20 rings (SSSR count). The molecule has 11 heterocycles. The molecule has 17 aromatic rings. The lowest BCUT2D eigenvalue weighted by Crippen LogP contribution is -2.61. The molecule has 8 aromatic heterocycles. The number of nitrogens with zero attached hydrogens (tertiary/aromatic N) is 6. The van der Waals surface area contributed by atoms with E-state index in [0.717, 1.165) is 149 Å². The number of ether oxygens (including phenoxy) is 1. The zero-order valence-electron chi connectivity index (χ0n) is 41.6. The van der Waals surface area contributed by atoms with Gasteiger partial charge in [-0.05, 0) is 55.6 Å². The van der Waals surface area contributed by atoms with E-state index in [1.54, 1.807) is 0 Å². The fourth-order valence-electron chi connectivity index (χ4n) is 14.7. The van der Waals surface area contributed by atoms with Gasteiger partial charge in [-0.3, -0.25) is 17.9 Å². The molecule has 0 atom stereocenters. The van der Waals surface area contributed by atoms with Gasteiger partial charge in [0, 0.05) is 84.7 Å². The van der Waals surface area contributed by atoms with Crippen molar-refractivity contribution in [2.24, 2.45) is 0 Å². The average molecular weight is 869 g/mol. The average Bonchev–Trinajstić information content (AvgIpc) is 4.29. The van der Waals surface area contributed by atoms with E-state index >= 15 is 0 Å². The maximum atomic E-state index is 9.37. The van der Waals surface area contributed by atoms with Crippen molar-refractivity contribution in [3.8, 4) is 22.9 Å². The third-order valence-electron chi connectivity index (χ3n) is 16.8. The smallest absolute Gasteiger partial charge is 0.262 e. The van der Waals surface area contributed by atoms with Crippen LogP contribution in [0.5, 0.6) is 11.5 Å². The van der Waals surface area contributed by atoms with Crippen molar-refractivity contribution in [2.75, 3.05) is 0 Å². The largest absolute Gasteiger partial charge is 0.457 e. The molecule has 0 saturated carbocycles. The number of hydrogen-bond acceptors (Lipinski definition) is 1. The highest BCUT2D eigenvalue weighted by Crippen LogP contribution is 2.55. The number of hydrogen-bond donors (Lipinski definition) is 0. The third-order valence-corrected chi connectivity index (χ3v) is 16.8. The summed E-state index contributed by atoms with van der Waals surface area (Å²) in [7, 11) is 0. The Morgan fingerprint density at radius 1 is 0.353 bits per heavy atom. The van der Waals surface area contributed by atoms with E-state index in [4.69, 9.17) is 4.74 Å². The molecule has 310 valence electrons. The van der Waals surface area contributed by atoms with E-state index in [1.165, 1.54) is 0 Å². The van der Waals surface area contributed by atoms with Crippen LogP contribution in [0.1, 0.15) is 19.4 Å². The van der Waals surface area contributed by atoms with Gasteiger partial charge in [0.25, 0.3) is 6.71 Å². The molecule has 0 radical (unpaired) electrons. The van der Waals surface area contributed by atoms with Crippen molar-refractivity contribution in [2.45, 2.75) is 13.7 Å². The highest BCUT2D eigenvalue weighted by Gasteiger charge is 2.50. The van der Waals surface area contributed by atoms with Crippen molar-refractivity contribution in [3.63, 3.8) is 0 Å².